The Bertz CT molecular complexity index is 1140. The third-order valence-electron chi connectivity index (χ3n) is 6.25. The van der Waals surface area contributed by atoms with Gasteiger partial charge < -0.3 is 29.2 Å². The van der Waals surface area contributed by atoms with E-state index in [1.807, 2.05) is 59.5 Å². The minimum atomic E-state index is -0.202. The molecule has 1 saturated heterocycles. The van der Waals surface area contributed by atoms with Crippen molar-refractivity contribution in [2.24, 2.45) is 0 Å². The number of hydrogen-bond donors (Lipinski definition) is 1. The van der Waals surface area contributed by atoms with Crippen molar-refractivity contribution < 1.29 is 23.7 Å². The van der Waals surface area contributed by atoms with Gasteiger partial charge in [0, 0.05) is 38.8 Å². The largest absolute Gasteiger partial charge is 0.497 e. The van der Waals surface area contributed by atoms with E-state index in [4.69, 9.17) is 18.9 Å². The standard InChI is InChI=1S/C29H35N3O5/c1-34-25-11-12-27(28(20-25)35-2)30-29(33)32(14-13-31-15-17-36-18-16-31)21-24-9-6-10-26(19-24)37-22-23-7-4-3-5-8-23/h3-12,19-20H,13-18,21-22H2,1-2H3,(H,30,33). The zero-order valence-electron chi connectivity index (χ0n) is 21.5. The fourth-order valence-corrected chi connectivity index (χ4v) is 4.13. The Morgan fingerprint density at radius 2 is 1.70 bits per heavy atom. The topological polar surface area (TPSA) is 72.5 Å². The predicted octanol–water partition coefficient (Wildman–Crippen LogP) is 4.65. The van der Waals surface area contributed by atoms with Crippen LogP contribution in [0.25, 0.3) is 0 Å². The number of nitrogens with zero attached hydrogens (tertiary/aromatic N) is 2. The van der Waals surface area contributed by atoms with Gasteiger partial charge in [0.1, 0.15) is 23.9 Å². The minimum Gasteiger partial charge on any atom is -0.497 e. The number of hydrogen-bond acceptors (Lipinski definition) is 6. The number of nitrogens with one attached hydrogen (secondary N) is 1. The molecule has 37 heavy (non-hydrogen) atoms. The first kappa shape index (κ1) is 26.3. The zero-order chi connectivity index (χ0) is 25.9. The summed E-state index contributed by atoms with van der Waals surface area (Å²) in [6, 6.07) is 23.1. The Morgan fingerprint density at radius 1 is 0.919 bits per heavy atom. The van der Waals surface area contributed by atoms with E-state index in [9.17, 15) is 4.79 Å². The average Bonchev–Trinajstić information content (AvgIpc) is 2.95. The molecule has 3 aromatic rings. The molecule has 2 amide bonds. The highest BCUT2D eigenvalue weighted by atomic mass is 16.5. The summed E-state index contributed by atoms with van der Waals surface area (Å²) in [6.45, 7) is 5.43. The van der Waals surface area contributed by atoms with Gasteiger partial charge in [-0.05, 0) is 35.4 Å². The van der Waals surface area contributed by atoms with Gasteiger partial charge in [-0.25, -0.2) is 4.79 Å². The van der Waals surface area contributed by atoms with Gasteiger partial charge >= 0.3 is 6.03 Å². The van der Waals surface area contributed by atoms with Crippen molar-refractivity contribution in [3.63, 3.8) is 0 Å². The van der Waals surface area contributed by atoms with E-state index < -0.39 is 0 Å². The molecule has 0 unspecified atom stereocenters. The van der Waals surface area contributed by atoms with Crippen LogP contribution in [-0.2, 0) is 17.9 Å². The van der Waals surface area contributed by atoms with E-state index in [0.717, 1.165) is 49.7 Å². The first-order chi connectivity index (χ1) is 18.1. The third kappa shape index (κ3) is 7.87. The van der Waals surface area contributed by atoms with Crippen LogP contribution in [0.5, 0.6) is 17.2 Å². The second-order valence-corrected chi connectivity index (χ2v) is 8.79. The fraction of sp³-hybridized carbons (Fsp3) is 0.345. The number of carbonyl (C=O) groups is 1. The van der Waals surface area contributed by atoms with Gasteiger partial charge in [-0.2, -0.15) is 0 Å². The average molecular weight is 506 g/mol. The Hall–Kier alpha value is -3.75. The number of morpholine rings is 1. The van der Waals surface area contributed by atoms with E-state index >= 15 is 0 Å². The molecule has 0 spiro atoms. The number of methoxy groups -OCH3 is 2. The van der Waals surface area contributed by atoms with Gasteiger partial charge in [0.2, 0.25) is 0 Å². The van der Waals surface area contributed by atoms with Gasteiger partial charge in [-0.15, -0.1) is 0 Å². The molecule has 1 heterocycles. The molecule has 8 heteroatoms. The molecule has 196 valence electrons. The van der Waals surface area contributed by atoms with E-state index in [-0.39, 0.29) is 6.03 Å². The molecule has 0 aliphatic carbocycles. The zero-order valence-corrected chi connectivity index (χ0v) is 21.5. The van der Waals surface area contributed by atoms with E-state index in [1.165, 1.54) is 0 Å². The molecule has 0 saturated carbocycles. The summed E-state index contributed by atoms with van der Waals surface area (Å²) in [5.41, 5.74) is 2.68. The van der Waals surface area contributed by atoms with E-state index in [1.54, 1.807) is 32.4 Å². The molecule has 0 atom stereocenters. The first-order valence-corrected chi connectivity index (χ1v) is 12.5. The molecular formula is C29H35N3O5. The Kier molecular flexibility index (Phi) is 9.62. The molecular weight excluding hydrogens is 470 g/mol. The van der Waals surface area contributed by atoms with Crippen molar-refractivity contribution in [3.05, 3.63) is 83.9 Å². The molecule has 0 bridgehead atoms. The number of urea groups is 1. The Balaban J connectivity index is 1.46. The summed E-state index contributed by atoms with van der Waals surface area (Å²) in [7, 11) is 3.17. The lowest BCUT2D eigenvalue weighted by Gasteiger charge is -2.30. The van der Waals surface area contributed by atoms with Crippen LogP contribution in [0.3, 0.4) is 0 Å². The highest BCUT2D eigenvalue weighted by molar-refractivity contribution is 5.91. The van der Waals surface area contributed by atoms with Crippen LogP contribution in [-0.4, -0.2) is 69.4 Å². The van der Waals surface area contributed by atoms with Gasteiger partial charge in [0.25, 0.3) is 0 Å². The van der Waals surface area contributed by atoms with Crippen molar-refractivity contribution in [1.29, 1.82) is 0 Å². The number of rotatable bonds is 11. The van der Waals surface area contributed by atoms with Crippen molar-refractivity contribution >= 4 is 11.7 Å². The number of benzene rings is 3. The molecule has 3 aromatic carbocycles. The second kappa shape index (κ2) is 13.5. The summed E-state index contributed by atoms with van der Waals surface area (Å²) in [4.78, 5) is 17.6. The molecule has 1 fully saturated rings. The molecule has 4 rings (SSSR count). The molecule has 0 radical (unpaired) electrons. The number of amides is 2. The number of carbonyl (C=O) groups excluding carboxylic acids is 1. The molecule has 1 aliphatic heterocycles. The van der Waals surface area contributed by atoms with Gasteiger partial charge in [-0.3, -0.25) is 4.90 Å². The summed E-state index contributed by atoms with van der Waals surface area (Å²) in [5.74, 6) is 1.97. The lowest BCUT2D eigenvalue weighted by molar-refractivity contribution is 0.0349. The number of ether oxygens (including phenoxy) is 4. The lowest BCUT2D eigenvalue weighted by atomic mass is 10.2. The molecule has 0 aromatic heterocycles. The maximum Gasteiger partial charge on any atom is 0.322 e. The summed E-state index contributed by atoms with van der Waals surface area (Å²) < 4.78 is 22.2. The molecule has 1 N–H and O–H groups in total. The van der Waals surface area contributed by atoms with E-state index in [0.29, 0.717) is 36.9 Å². The lowest BCUT2D eigenvalue weighted by Crippen LogP contribution is -2.44. The smallest absolute Gasteiger partial charge is 0.322 e. The number of anilines is 1. The van der Waals surface area contributed by atoms with Crippen LogP contribution in [0.15, 0.2) is 72.8 Å². The fourth-order valence-electron chi connectivity index (χ4n) is 4.13. The van der Waals surface area contributed by atoms with Crippen LogP contribution in [0.4, 0.5) is 10.5 Å². The molecule has 1 aliphatic rings. The predicted molar refractivity (Wildman–Crippen MR) is 143 cm³/mol. The molecule has 8 nitrogen and oxygen atoms in total. The monoisotopic (exact) mass is 505 g/mol. The van der Waals surface area contributed by atoms with Gasteiger partial charge in [-0.1, -0.05) is 42.5 Å². The van der Waals surface area contributed by atoms with Crippen LogP contribution in [0, 0.1) is 0 Å². The Morgan fingerprint density at radius 3 is 2.46 bits per heavy atom. The van der Waals surface area contributed by atoms with Crippen molar-refractivity contribution in [2.45, 2.75) is 13.2 Å². The third-order valence-corrected chi connectivity index (χ3v) is 6.25. The first-order valence-electron chi connectivity index (χ1n) is 12.5. The van der Waals surface area contributed by atoms with Crippen molar-refractivity contribution in [1.82, 2.24) is 9.80 Å². The maximum atomic E-state index is 13.5. The quantitative estimate of drug-likeness (QED) is 0.409. The van der Waals surface area contributed by atoms with E-state index in [2.05, 4.69) is 10.2 Å². The second-order valence-electron chi connectivity index (χ2n) is 8.79. The summed E-state index contributed by atoms with van der Waals surface area (Å²) in [5, 5.41) is 3.01. The minimum absolute atomic E-state index is 0.202. The summed E-state index contributed by atoms with van der Waals surface area (Å²) in [6.07, 6.45) is 0. The summed E-state index contributed by atoms with van der Waals surface area (Å²) >= 11 is 0. The highest BCUT2D eigenvalue weighted by Crippen LogP contribution is 2.29. The van der Waals surface area contributed by atoms with Crippen molar-refractivity contribution in [3.8, 4) is 17.2 Å². The van der Waals surface area contributed by atoms with Crippen LogP contribution in [0.2, 0.25) is 0 Å². The van der Waals surface area contributed by atoms with Crippen LogP contribution >= 0.6 is 0 Å². The maximum absolute atomic E-state index is 13.5. The SMILES string of the molecule is COc1ccc(NC(=O)N(CCN2CCOCC2)Cc2cccc(OCc3ccccc3)c2)c(OC)c1. The van der Waals surface area contributed by atoms with Crippen molar-refractivity contribution in [2.75, 3.05) is 58.9 Å². The highest BCUT2D eigenvalue weighted by Gasteiger charge is 2.19. The van der Waals surface area contributed by atoms with Crippen LogP contribution < -0.4 is 19.5 Å². The van der Waals surface area contributed by atoms with Gasteiger partial charge in [0.05, 0.1) is 33.1 Å². The van der Waals surface area contributed by atoms with Crippen LogP contribution in [0.1, 0.15) is 11.1 Å². The van der Waals surface area contributed by atoms with Gasteiger partial charge in [0.15, 0.2) is 0 Å². The Labute approximate surface area is 218 Å². The normalized spacial score (nSPS) is 13.6.